The van der Waals surface area contributed by atoms with Crippen LogP contribution in [0.4, 0.5) is 0 Å². The SMILES string of the molecule is [c]1cccc(-c2ncccn2)c1CN1CCCCC1. The molecule has 0 spiro atoms. The van der Waals surface area contributed by atoms with Gasteiger partial charge in [-0.15, -0.1) is 0 Å². The van der Waals surface area contributed by atoms with Gasteiger partial charge in [0.2, 0.25) is 0 Å². The third-order valence-corrected chi connectivity index (χ3v) is 3.58. The summed E-state index contributed by atoms with van der Waals surface area (Å²) in [5.74, 6) is 0.798. The van der Waals surface area contributed by atoms with Crippen LogP contribution < -0.4 is 0 Å². The molecule has 0 saturated carbocycles. The number of hydrogen-bond acceptors (Lipinski definition) is 3. The highest BCUT2D eigenvalue weighted by Crippen LogP contribution is 2.22. The predicted molar refractivity (Wildman–Crippen MR) is 75.4 cm³/mol. The van der Waals surface area contributed by atoms with Crippen molar-refractivity contribution in [3.63, 3.8) is 0 Å². The summed E-state index contributed by atoms with van der Waals surface area (Å²) >= 11 is 0. The Bertz CT molecular complexity index is 519. The molecule has 3 heteroatoms. The minimum absolute atomic E-state index is 0.798. The molecule has 0 amide bonds. The van der Waals surface area contributed by atoms with Crippen molar-refractivity contribution in [3.05, 3.63) is 48.3 Å². The molecular weight excluding hydrogens is 234 g/mol. The third-order valence-electron chi connectivity index (χ3n) is 3.58. The molecule has 1 aromatic heterocycles. The zero-order valence-electron chi connectivity index (χ0n) is 11.0. The van der Waals surface area contributed by atoms with Gasteiger partial charge in [0.15, 0.2) is 5.82 Å². The van der Waals surface area contributed by atoms with Crippen LogP contribution in [0.15, 0.2) is 36.7 Å². The highest BCUT2D eigenvalue weighted by molar-refractivity contribution is 5.59. The fourth-order valence-electron chi connectivity index (χ4n) is 2.59. The minimum atomic E-state index is 0.798. The molecule has 3 nitrogen and oxygen atoms in total. The number of rotatable bonds is 3. The summed E-state index contributed by atoms with van der Waals surface area (Å²) in [6.45, 7) is 3.34. The molecule has 0 unspecified atom stereocenters. The van der Waals surface area contributed by atoms with Gasteiger partial charge >= 0.3 is 0 Å². The average molecular weight is 252 g/mol. The first kappa shape index (κ1) is 12.3. The van der Waals surface area contributed by atoms with E-state index in [0.717, 1.165) is 17.9 Å². The van der Waals surface area contributed by atoms with Crippen LogP contribution in [0.5, 0.6) is 0 Å². The molecule has 1 aliphatic heterocycles. The average Bonchev–Trinajstić information content (AvgIpc) is 2.50. The number of aromatic nitrogens is 2. The van der Waals surface area contributed by atoms with Crippen molar-refractivity contribution in [2.75, 3.05) is 13.1 Å². The zero-order valence-corrected chi connectivity index (χ0v) is 11.0. The van der Waals surface area contributed by atoms with Crippen LogP contribution in [-0.4, -0.2) is 28.0 Å². The second kappa shape index (κ2) is 5.93. The summed E-state index contributed by atoms with van der Waals surface area (Å²) in [7, 11) is 0. The van der Waals surface area contributed by atoms with Crippen molar-refractivity contribution in [3.8, 4) is 11.4 Å². The van der Waals surface area contributed by atoms with Gasteiger partial charge in [0, 0.05) is 24.5 Å². The van der Waals surface area contributed by atoms with E-state index in [1.54, 1.807) is 12.4 Å². The maximum absolute atomic E-state index is 4.35. The molecule has 0 atom stereocenters. The molecule has 1 aromatic carbocycles. The molecule has 1 aliphatic rings. The smallest absolute Gasteiger partial charge is 0.159 e. The van der Waals surface area contributed by atoms with Gasteiger partial charge in [0.25, 0.3) is 0 Å². The predicted octanol–water partition coefficient (Wildman–Crippen LogP) is 2.93. The fourth-order valence-corrected chi connectivity index (χ4v) is 2.59. The van der Waals surface area contributed by atoms with E-state index in [4.69, 9.17) is 0 Å². The van der Waals surface area contributed by atoms with Crippen LogP contribution >= 0.6 is 0 Å². The Kier molecular flexibility index (Phi) is 3.84. The molecular formula is C16H18N3. The van der Waals surface area contributed by atoms with E-state index in [1.165, 1.54) is 37.9 Å². The molecule has 97 valence electrons. The van der Waals surface area contributed by atoms with Gasteiger partial charge < -0.3 is 0 Å². The monoisotopic (exact) mass is 252 g/mol. The van der Waals surface area contributed by atoms with E-state index in [9.17, 15) is 0 Å². The Morgan fingerprint density at radius 3 is 2.63 bits per heavy atom. The fraction of sp³-hybridized carbons (Fsp3) is 0.375. The van der Waals surface area contributed by atoms with Crippen LogP contribution in [0.2, 0.25) is 0 Å². The standard InChI is InChI=1S/C16H18N3/c1-4-11-19(12-5-1)13-14-7-2-3-8-15(14)16-17-9-6-10-18-16/h2-3,6,8-10H,1,4-5,11-13H2. The lowest BCUT2D eigenvalue weighted by atomic mass is 10.0. The third kappa shape index (κ3) is 2.99. The van der Waals surface area contributed by atoms with Crippen LogP contribution in [0, 0.1) is 6.07 Å². The molecule has 2 heterocycles. The second-order valence-electron chi connectivity index (χ2n) is 4.97. The lowest BCUT2D eigenvalue weighted by molar-refractivity contribution is 0.221. The summed E-state index contributed by atoms with van der Waals surface area (Å²) < 4.78 is 0. The quantitative estimate of drug-likeness (QED) is 0.841. The van der Waals surface area contributed by atoms with Crippen molar-refractivity contribution < 1.29 is 0 Å². The van der Waals surface area contributed by atoms with Crippen molar-refractivity contribution in [1.29, 1.82) is 0 Å². The Labute approximate surface area is 114 Å². The van der Waals surface area contributed by atoms with Crippen LogP contribution in [0.25, 0.3) is 11.4 Å². The van der Waals surface area contributed by atoms with Gasteiger partial charge in [0.05, 0.1) is 0 Å². The second-order valence-corrected chi connectivity index (χ2v) is 4.97. The van der Waals surface area contributed by atoms with E-state index < -0.39 is 0 Å². The van der Waals surface area contributed by atoms with E-state index >= 15 is 0 Å². The summed E-state index contributed by atoms with van der Waals surface area (Å²) in [5.41, 5.74) is 2.31. The van der Waals surface area contributed by atoms with Gasteiger partial charge in [-0.25, -0.2) is 9.97 Å². The first-order valence-corrected chi connectivity index (χ1v) is 6.93. The van der Waals surface area contributed by atoms with Crippen molar-refractivity contribution in [1.82, 2.24) is 14.9 Å². The van der Waals surface area contributed by atoms with Gasteiger partial charge in [0.1, 0.15) is 0 Å². The first-order chi connectivity index (χ1) is 9.43. The van der Waals surface area contributed by atoms with E-state index in [2.05, 4.69) is 27.0 Å². The lowest BCUT2D eigenvalue weighted by Crippen LogP contribution is -2.29. The summed E-state index contributed by atoms with van der Waals surface area (Å²) in [5, 5.41) is 0. The number of likely N-dealkylation sites (tertiary alicyclic amines) is 1. The Balaban J connectivity index is 1.85. The number of nitrogens with zero attached hydrogens (tertiary/aromatic N) is 3. The molecule has 19 heavy (non-hydrogen) atoms. The molecule has 0 N–H and O–H groups in total. The molecule has 2 aromatic rings. The molecule has 0 aliphatic carbocycles. The number of piperidine rings is 1. The lowest BCUT2D eigenvalue weighted by Gasteiger charge is -2.27. The maximum atomic E-state index is 4.35. The van der Waals surface area contributed by atoms with Crippen LogP contribution in [-0.2, 0) is 6.54 Å². The molecule has 1 radical (unpaired) electrons. The molecule has 3 rings (SSSR count). The van der Waals surface area contributed by atoms with Crippen molar-refractivity contribution in [2.24, 2.45) is 0 Å². The van der Waals surface area contributed by atoms with Crippen molar-refractivity contribution in [2.45, 2.75) is 25.8 Å². The topological polar surface area (TPSA) is 29.0 Å². The molecule has 1 fully saturated rings. The minimum Gasteiger partial charge on any atom is -0.299 e. The van der Waals surface area contributed by atoms with Gasteiger partial charge in [-0.1, -0.05) is 24.6 Å². The van der Waals surface area contributed by atoms with Crippen LogP contribution in [0.1, 0.15) is 24.8 Å². The first-order valence-electron chi connectivity index (χ1n) is 6.93. The van der Waals surface area contributed by atoms with Gasteiger partial charge in [-0.2, -0.15) is 0 Å². The van der Waals surface area contributed by atoms with E-state index in [0.29, 0.717) is 0 Å². The highest BCUT2D eigenvalue weighted by atomic mass is 15.1. The van der Waals surface area contributed by atoms with Crippen molar-refractivity contribution >= 4 is 0 Å². The Morgan fingerprint density at radius 2 is 1.84 bits per heavy atom. The maximum Gasteiger partial charge on any atom is 0.159 e. The largest absolute Gasteiger partial charge is 0.299 e. The van der Waals surface area contributed by atoms with Gasteiger partial charge in [-0.3, -0.25) is 4.90 Å². The van der Waals surface area contributed by atoms with Crippen LogP contribution in [0.3, 0.4) is 0 Å². The molecule has 0 bridgehead atoms. The Morgan fingerprint density at radius 1 is 1.05 bits per heavy atom. The van der Waals surface area contributed by atoms with Gasteiger partial charge in [-0.05, 0) is 43.6 Å². The summed E-state index contributed by atoms with van der Waals surface area (Å²) in [6, 6.07) is 11.3. The highest BCUT2D eigenvalue weighted by Gasteiger charge is 2.13. The van der Waals surface area contributed by atoms with E-state index in [-0.39, 0.29) is 0 Å². The molecule has 1 saturated heterocycles. The Hall–Kier alpha value is -1.74. The zero-order chi connectivity index (χ0) is 12.9. The normalized spacial score (nSPS) is 16.4. The summed E-state index contributed by atoms with van der Waals surface area (Å²) in [4.78, 5) is 11.2. The number of benzene rings is 1. The summed E-state index contributed by atoms with van der Waals surface area (Å²) in [6.07, 6.45) is 7.57. The number of hydrogen-bond donors (Lipinski definition) is 0. The van der Waals surface area contributed by atoms with E-state index in [1.807, 2.05) is 18.2 Å².